The number of benzene rings is 2. The van der Waals surface area contributed by atoms with Gasteiger partial charge < -0.3 is 20.4 Å². The van der Waals surface area contributed by atoms with E-state index in [0.717, 1.165) is 24.3 Å². The standard InChI is InChI=1S/C24H17F3N4O4/c25-24(26,27)16-5-4-8-18(12-16)31-21(32)15(13-28)11-19-9-10-20(35-19)14-29-22(33)23(34)30-17-6-2-1-3-7-17/h1-12H,14H2,(H,29,33)(H,30,34)(H,31,32)/b15-11-. The number of rotatable bonds is 6. The Hall–Kier alpha value is -4.85. The summed E-state index contributed by atoms with van der Waals surface area (Å²) in [6.07, 6.45) is -3.49. The highest BCUT2D eigenvalue weighted by Crippen LogP contribution is 2.30. The summed E-state index contributed by atoms with van der Waals surface area (Å²) in [4.78, 5) is 36.2. The van der Waals surface area contributed by atoms with Crippen LogP contribution in [0.15, 0.2) is 76.7 Å². The SMILES string of the molecule is N#C/C(=C/c1ccc(CNC(=O)C(=O)Nc2ccccc2)o1)C(=O)Nc1cccc(C(F)(F)F)c1. The molecule has 0 fully saturated rings. The van der Waals surface area contributed by atoms with Crippen LogP contribution in [0.2, 0.25) is 0 Å². The van der Waals surface area contributed by atoms with E-state index in [4.69, 9.17) is 4.42 Å². The number of hydrogen-bond donors (Lipinski definition) is 3. The van der Waals surface area contributed by atoms with Crippen molar-refractivity contribution >= 4 is 35.2 Å². The van der Waals surface area contributed by atoms with Crippen LogP contribution in [0, 0.1) is 11.3 Å². The van der Waals surface area contributed by atoms with Crippen LogP contribution in [-0.2, 0) is 27.1 Å². The van der Waals surface area contributed by atoms with Gasteiger partial charge in [-0.25, -0.2) is 0 Å². The molecular weight excluding hydrogens is 465 g/mol. The second-order valence-corrected chi connectivity index (χ2v) is 7.01. The molecule has 0 spiro atoms. The molecule has 0 aliphatic carbocycles. The smallest absolute Gasteiger partial charge is 0.416 e. The Morgan fingerprint density at radius 2 is 1.57 bits per heavy atom. The van der Waals surface area contributed by atoms with Gasteiger partial charge in [-0.05, 0) is 42.5 Å². The molecular formula is C24H17F3N4O4. The van der Waals surface area contributed by atoms with Crippen molar-refractivity contribution in [1.29, 1.82) is 5.26 Å². The number of carbonyl (C=O) groups is 3. The minimum absolute atomic E-state index is 0.0822. The zero-order chi connectivity index (χ0) is 25.4. The molecule has 0 saturated heterocycles. The lowest BCUT2D eigenvalue weighted by atomic mass is 10.1. The van der Waals surface area contributed by atoms with E-state index in [0.29, 0.717) is 5.69 Å². The molecule has 3 N–H and O–H groups in total. The maximum Gasteiger partial charge on any atom is 0.416 e. The van der Waals surface area contributed by atoms with Gasteiger partial charge in [0.25, 0.3) is 5.91 Å². The van der Waals surface area contributed by atoms with Crippen molar-refractivity contribution < 1.29 is 32.0 Å². The topological polar surface area (TPSA) is 124 Å². The predicted molar refractivity (Wildman–Crippen MR) is 119 cm³/mol. The highest BCUT2D eigenvalue weighted by molar-refractivity contribution is 6.39. The van der Waals surface area contributed by atoms with Gasteiger partial charge >= 0.3 is 18.0 Å². The number of anilines is 2. The average molecular weight is 482 g/mol. The van der Waals surface area contributed by atoms with Crippen LogP contribution >= 0.6 is 0 Å². The molecule has 0 atom stereocenters. The Balaban J connectivity index is 1.59. The normalized spacial score (nSPS) is 11.3. The molecule has 3 aromatic rings. The molecule has 0 saturated carbocycles. The minimum atomic E-state index is -4.59. The molecule has 0 bridgehead atoms. The summed E-state index contributed by atoms with van der Waals surface area (Å²) in [5, 5.41) is 16.3. The zero-order valence-electron chi connectivity index (χ0n) is 17.8. The first-order chi connectivity index (χ1) is 16.7. The summed E-state index contributed by atoms with van der Waals surface area (Å²) in [7, 11) is 0. The average Bonchev–Trinajstić information content (AvgIpc) is 3.28. The monoisotopic (exact) mass is 482 g/mol. The summed E-state index contributed by atoms with van der Waals surface area (Å²) < 4.78 is 43.9. The molecule has 8 nitrogen and oxygen atoms in total. The van der Waals surface area contributed by atoms with Gasteiger partial charge in [0.1, 0.15) is 23.2 Å². The molecule has 3 amide bonds. The molecule has 3 rings (SSSR count). The predicted octanol–water partition coefficient (Wildman–Crippen LogP) is 4.10. The van der Waals surface area contributed by atoms with Crippen LogP contribution in [0.5, 0.6) is 0 Å². The molecule has 1 heterocycles. The Bertz CT molecular complexity index is 1310. The first-order valence-corrected chi connectivity index (χ1v) is 9.99. The van der Waals surface area contributed by atoms with E-state index < -0.39 is 35.0 Å². The third kappa shape index (κ3) is 7.06. The lowest BCUT2D eigenvalue weighted by molar-refractivity contribution is -0.137. The molecule has 178 valence electrons. The molecule has 35 heavy (non-hydrogen) atoms. The number of alkyl halides is 3. The number of halogens is 3. The van der Waals surface area contributed by atoms with Crippen LogP contribution in [0.1, 0.15) is 17.1 Å². The minimum Gasteiger partial charge on any atom is -0.460 e. The highest BCUT2D eigenvalue weighted by atomic mass is 19.4. The van der Waals surface area contributed by atoms with Crippen LogP contribution in [-0.4, -0.2) is 17.7 Å². The van der Waals surface area contributed by atoms with E-state index >= 15 is 0 Å². The van der Waals surface area contributed by atoms with Crippen molar-refractivity contribution in [1.82, 2.24) is 5.32 Å². The fourth-order valence-electron chi connectivity index (χ4n) is 2.79. The Morgan fingerprint density at radius 1 is 0.886 bits per heavy atom. The maximum atomic E-state index is 12.8. The van der Waals surface area contributed by atoms with E-state index in [1.54, 1.807) is 36.4 Å². The lowest BCUT2D eigenvalue weighted by Gasteiger charge is -2.09. The van der Waals surface area contributed by atoms with E-state index in [1.807, 2.05) is 0 Å². The molecule has 2 aromatic carbocycles. The molecule has 1 aromatic heterocycles. The number of amides is 3. The molecule has 0 aliphatic heterocycles. The number of hydrogen-bond acceptors (Lipinski definition) is 5. The Labute approximate surface area is 197 Å². The largest absolute Gasteiger partial charge is 0.460 e. The van der Waals surface area contributed by atoms with E-state index in [2.05, 4.69) is 16.0 Å². The molecule has 11 heteroatoms. The van der Waals surface area contributed by atoms with Gasteiger partial charge in [-0.3, -0.25) is 14.4 Å². The molecule has 0 unspecified atom stereocenters. The van der Waals surface area contributed by atoms with Gasteiger partial charge in [0.05, 0.1) is 12.1 Å². The van der Waals surface area contributed by atoms with Crippen molar-refractivity contribution in [3.63, 3.8) is 0 Å². The first-order valence-electron chi connectivity index (χ1n) is 9.99. The second-order valence-electron chi connectivity index (χ2n) is 7.01. The number of nitrogens with zero attached hydrogens (tertiary/aromatic N) is 1. The number of para-hydroxylation sites is 1. The van der Waals surface area contributed by atoms with Crippen LogP contribution in [0.25, 0.3) is 6.08 Å². The number of carbonyl (C=O) groups excluding carboxylic acids is 3. The van der Waals surface area contributed by atoms with Crippen molar-refractivity contribution in [3.05, 3.63) is 89.4 Å². The maximum absolute atomic E-state index is 12.8. The van der Waals surface area contributed by atoms with Crippen molar-refractivity contribution in [3.8, 4) is 6.07 Å². The second kappa shape index (κ2) is 10.8. The summed E-state index contributed by atoms with van der Waals surface area (Å²) >= 11 is 0. The van der Waals surface area contributed by atoms with Gasteiger partial charge in [-0.2, -0.15) is 18.4 Å². The van der Waals surface area contributed by atoms with E-state index in [9.17, 15) is 32.8 Å². The Kier molecular flexibility index (Phi) is 7.68. The van der Waals surface area contributed by atoms with Gasteiger partial charge in [0, 0.05) is 17.5 Å². The quantitative estimate of drug-likeness (QED) is 0.277. The van der Waals surface area contributed by atoms with Crippen LogP contribution in [0.4, 0.5) is 24.5 Å². The summed E-state index contributed by atoms with van der Waals surface area (Å²) in [5.41, 5.74) is -1.06. The summed E-state index contributed by atoms with van der Waals surface area (Å²) in [6, 6.07) is 16.9. The van der Waals surface area contributed by atoms with E-state index in [-0.39, 0.29) is 23.8 Å². The van der Waals surface area contributed by atoms with Crippen molar-refractivity contribution in [2.24, 2.45) is 0 Å². The van der Waals surface area contributed by atoms with E-state index in [1.165, 1.54) is 18.2 Å². The van der Waals surface area contributed by atoms with Gasteiger partial charge in [-0.1, -0.05) is 24.3 Å². The van der Waals surface area contributed by atoms with Gasteiger partial charge in [0.15, 0.2) is 0 Å². The van der Waals surface area contributed by atoms with Crippen molar-refractivity contribution in [2.75, 3.05) is 10.6 Å². The van der Waals surface area contributed by atoms with Crippen LogP contribution in [0.3, 0.4) is 0 Å². The fourth-order valence-corrected chi connectivity index (χ4v) is 2.79. The number of nitriles is 1. The summed E-state index contributed by atoms with van der Waals surface area (Å²) in [5.74, 6) is -2.40. The van der Waals surface area contributed by atoms with Crippen LogP contribution < -0.4 is 16.0 Å². The molecule has 0 radical (unpaired) electrons. The highest BCUT2D eigenvalue weighted by Gasteiger charge is 2.30. The number of nitrogens with one attached hydrogen (secondary N) is 3. The Morgan fingerprint density at radius 3 is 2.26 bits per heavy atom. The van der Waals surface area contributed by atoms with Gasteiger partial charge in [0.2, 0.25) is 0 Å². The van der Waals surface area contributed by atoms with Gasteiger partial charge in [-0.15, -0.1) is 0 Å². The lowest BCUT2D eigenvalue weighted by Crippen LogP contribution is -2.34. The zero-order valence-corrected chi connectivity index (χ0v) is 17.8. The summed E-state index contributed by atoms with van der Waals surface area (Å²) in [6.45, 7) is -0.146. The third-order valence-corrected chi connectivity index (χ3v) is 4.44. The third-order valence-electron chi connectivity index (χ3n) is 4.44. The number of furan rings is 1. The fraction of sp³-hybridized carbons (Fsp3) is 0.0833. The molecule has 0 aliphatic rings. The first kappa shape index (κ1) is 24.8. The van der Waals surface area contributed by atoms with Crippen molar-refractivity contribution in [2.45, 2.75) is 12.7 Å².